The maximum atomic E-state index is 13.0. The van der Waals surface area contributed by atoms with E-state index >= 15 is 0 Å². The largest absolute Gasteiger partial charge is 0.383 e. The van der Waals surface area contributed by atoms with Crippen LogP contribution >= 0.6 is 0 Å². The van der Waals surface area contributed by atoms with Crippen molar-refractivity contribution in [2.75, 3.05) is 40.4 Å². The Bertz CT molecular complexity index is 670. The number of rotatable bonds is 7. The second-order valence-corrected chi connectivity index (χ2v) is 7.82. The highest BCUT2D eigenvalue weighted by Crippen LogP contribution is 2.23. The van der Waals surface area contributed by atoms with E-state index in [0.29, 0.717) is 43.6 Å². The first-order valence-electron chi connectivity index (χ1n) is 8.61. The van der Waals surface area contributed by atoms with E-state index in [2.05, 4.69) is 15.6 Å². The Hall–Kier alpha value is -1.64. The van der Waals surface area contributed by atoms with E-state index in [1.807, 2.05) is 12.1 Å². The van der Waals surface area contributed by atoms with E-state index in [-0.39, 0.29) is 0 Å². The van der Waals surface area contributed by atoms with Gasteiger partial charge >= 0.3 is 0 Å². The Morgan fingerprint density at radius 3 is 2.60 bits per heavy atom. The van der Waals surface area contributed by atoms with Crippen molar-refractivity contribution >= 4 is 16.0 Å². The molecule has 140 valence electrons. The summed E-state index contributed by atoms with van der Waals surface area (Å²) >= 11 is 0. The third-order valence-electron chi connectivity index (χ3n) is 4.17. The summed E-state index contributed by atoms with van der Waals surface area (Å²) in [4.78, 5) is 4.51. The normalized spacial score (nSPS) is 16.6. The van der Waals surface area contributed by atoms with Crippen molar-refractivity contribution in [1.82, 2.24) is 14.9 Å². The molecular weight excluding hydrogens is 340 g/mol. The molecule has 1 aliphatic rings. The maximum Gasteiger partial charge on any atom is 0.243 e. The van der Waals surface area contributed by atoms with Gasteiger partial charge in [0.1, 0.15) is 0 Å². The molecule has 1 aromatic carbocycles. The molecule has 2 rings (SSSR count). The fourth-order valence-corrected chi connectivity index (χ4v) is 4.56. The van der Waals surface area contributed by atoms with E-state index in [4.69, 9.17) is 4.74 Å². The van der Waals surface area contributed by atoms with Crippen LogP contribution in [0.5, 0.6) is 0 Å². The van der Waals surface area contributed by atoms with Gasteiger partial charge < -0.3 is 15.4 Å². The quantitative estimate of drug-likeness (QED) is 0.429. The minimum Gasteiger partial charge on any atom is -0.383 e. The van der Waals surface area contributed by atoms with Crippen molar-refractivity contribution in [1.29, 1.82) is 0 Å². The van der Waals surface area contributed by atoms with Crippen LogP contribution in [0.1, 0.15) is 24.8 Å². The van der Waals surface area contributed by atoms with E-state index < -0.39 is 10.0 Å². The van der Waals surface area contributed by atoms with Crippen LogP contribution in [0.2, 0.25) is 0 Å². The van der Waals surface area contributed by atoms with Gasteiger partial charge in [0.25, 0.3) is 0 Å². The smallest absolute Gasteiger partial charge is 0.243 e. The number of benzene rings is 1. The number of hydrogen-bond acceptors (Lipinski definition) is 4. The van der Waals surface area contributed by atoms with Gasteiger partial charge in [0.05, 0.1) is 11.5 Å². The lowest BCUT2D eigenvalue weighted by Gasteiger charge is -2.27. The Morgan fingerprint density at radius 1 is 1.20 bits per heavy atom. The molecule has 0 aliphatic carbocycles. The zero-order chi connectivity index (χ0) is 18.1. The second kappa shape index (κ2) is 9.74. The van der Waals surface area contributed by atoms with Crippen molar-refractivity contribution in [2.24, 2.45) is 4.99 Å². The highest BCUT2D eigenvalue weighted by atomic mass is 32.2. The summed E-state index contributed by atoms with van der Waals surface area (Å²) in [6, 6.07) is 7.15. The fourth-order valence-electron chi connectivity index (χ4n) is 2.82. The fraction of sp³-hybridized carbons (Fsp3) is 0.588. The molecule has 7 nitrogen and oxygen atoms in total. The second-order valence-electron chi connectivity index (χ2n) is 5.92. The predicted molar refractivity (Wildman–Crippen MR) is 99.1 cm³/mol. The molecule has 25 heavy (non-hydrogen) atoms. The van der Waals surface area contributed by atoms with Gasteiger partial charge in [-0.3, -0.25) is 4.99 Å². The molecule has 0 saturated carbocycles. The van der Waals surface area contributed by atoms with Gasteiger partial charge in [0.15, 0.2) is 5.96 Å². The minimum atomic E-state index is -3.46. The molecule has 1 heterocycles. The molecule has 0 aromatic heterocycles. The summed E-state index contributed by atoms with van der Waals surface area (Å²) in [7, 11) is -0.138. The molecule has 0 amide bonds. The number of guanidine groups is 1. The SMILES string of the molecule is CN=C(NCCOC)NCc1ccccc1S(=O)(=O)N1CCCCC1. The highest BCUT2D eigenvalue weighted by molar-refractivity contribution is 7.89. The third kappa shape index (κ3) is 5.42. The monoisotopic (exact) mass is 368 g/mol. The number of methoxy groups -OCH3 is 1. The molecule has 0 bridgehead atoms. The van der Waals surface area contributed by atoms with Crippen molar-refractivity contribution < 1.29 is 13.2 Å². The molecule has 8 heteroatoms. The van der Waals surface area contributed by atoms with Crippen LogP contribution in [0.3, 0.4) is 0 Å². The Morgan fingerprint density at radius 2 is 1.92 bits per heavy atom. The number of sulfonamides is 1. The zero-order valence-electron chi connectivity index (χ0n) is 15.0. The zero-order valence-corrected chi connectivity index (χ0v) is 15.8. The van der Waals surface area contributed by atoms with Crippen molar-refractivity contribution in [3.05, 3.63) is 29.8 Å². The first-order chi connectivity index (χ1) is 12.1. The van der Waals surface area contributed by atoms with Crippen molar-refractivity contribution in [3.8, 4) is 0 Å². The van der Waals surface area contributed by atoms with Crippen LogP contribution in [-0.4, -0.2) is 59.1 Å². The molecule has 0 radical (unpaired) electrons. The molecule has 1 aromatic rings. The number of nitrogens with zero attached hydrogens (tertiary/aromatic N) is 2. The lowest BCUT2D eigenvalue weighted by atomic mass is 10.2. The average Bonchev–Trinajstić information content (AvgIpc) is 2.65. The lowest BCUT2D eigenvalue weighted by Crippen LogP contribution is -2.39. The summed E-state index contributed by atoms with van der Waals surface area (Å²) in [5.74, 6) is 0.613. The Kier molecular flexibility index (Phi) is 7.67. The van der Waals surface area contributed by atoms with Crippen molar-refractivity contribution in [3.63, 3.8) is 0 Å². The number of aliphatic imine (C=N–C) groups is 1. The Balaban J connectivity index is 2.09. The van der Waals surface area contributed by atoms with Gasteiger partial charge in [-0.2, -0.15) is 4.31 Å². The number of hydrogen-bond donors (Lipinski definition) is 2. The predicted octanol–water partition coefficient (Wildman–Crippen LogP) is 1.17. The molecule has 0 spiro atoms. The summed E-state index contributed by atoms with van der Waals surface area (Å²) in [6.07, 6.45) is 2.95. The molecule has 1 saturated heterocycles. The summed E-state index contributed by atoms with van der Waals surface area (Å²) in [5, 5.41) is 6.28. The number of nitrogens with one attached hydrogen (secondary N) is 2. The molecular formula is C17H28N4O3S. The molecule has 2 N–H and O–H groups in total. The lowest BCUT2D eigenvalue weighted by molar-refractivity contribution is 0.203. The van der Waals surface area contributed by atoms with Crippen LogP contribution in [0.25, 0.3) is 0 Å². The number of piperidine rings is 1. The first-order valence-corrected chi connectivity index (χ1v) is 10.0. The van der Waals surface area contributed by atoms with E-state index in [1.54, 1.807) is 30.6 Å². The number of ether oxygens (including phenoxy) is 1. The summed E-state index contributed by atoms with van der Waals surface area (Å²) in [6.45, 7) is 2.79. The molecule has 1 aliphatic heterocycles. The summed E-state index contributed by atoms with van der Waals surface area (Å²) < 4.78 is 32.5. The van der Waals surface area contributed by atoms with Gasteiger partial charge in [-0.15, -0.1) is 0 Å². The Labute approximate surface area is 150 Å². The van der Waals surface area contributed by atoms with Gasteiger partial charge in [-0.1, -0.05) is 24.6 Å². The van der Waals surface area contributed by atoms with Crippen LogP contribution < -0.4 is 10.6 Å². The van der Waals surface area contributed by atoms with Crippen LogP contribution in [0.4, 0.5) is 0 Å². The van der Waals surface area contributed by atoms with Gasteiger partial charge in [-0.05, 0) is 24.5 Å². The van der Waals surface area contributed by atoms with E-state index in [1.165, 1.54) is 0 Å². The molecule has 0 atom stereocenters. The average molecular weight is 369 g/mol. The van der Waals surface area contributed by atoms with E-state index in [0.717, 1.165) is 24.8 Å². The maximum absolute atomic E-state index is 13.0. The topological polar surface area (TPSA) is 83.0 Å². The summed E-state index contributed by atoms with van der Waals surface area (Å²) in [5.41, 5.74) is 0.739. The van der Waals surface area contributed by atoms with Gasteiger partial charge in [-0.25, -0.2) is 8.42 Å². The highest BCUT2D eigenvalue weighted by Gasteiger charge is 2.27. The van der Waals surface area contributed by atoms with Gasteiger partial charge in [0, 0.05) is 40.3 Å². The molecule has 1 fully saturated rings. The standard InChI is InChI=1S/C17H28N4O3S/c1-18-17(19-10-13-24-2)20-14-15-8-4-5-9-16(15)25(22,23)21-11-6-3-7-12-21/h4-5,8-9H,3,6-7,10-14H2,1-2H3,(H2,18,19,20). The first kappa shape index (κ1) is 19.7. The molecule has 0 unspecified atom stereocenters. The van der Waals surface area contributed by atoms with Crippen LogP contribution in [-0.2, 0) is 21.3 Å². The van der Waals surface area contributed by atoms with Crippen molar-refractivity contribution in [2.45, 2.75) is 30.7 Å². The van der Waals surface area contributed by atoms with Crippen LogP contribution in [0, 0.1) is 0 Å². The van der Waals surface area contributed by atoms with Gasteiger partial charge in [0.2, 0.25) is 10.0 Å². The third-order valence-corrected chi connectivity index (χ3v) is 6.17. The minimum absolute atomic E-state index is 0.372. The van der Waals surface area contributed by atoms with Crippen LogP contribution in [0.15, 0.2) is 34.2 Å². The van der Waals surface area contributed by atoms with E-state index in [9.17, 15) is 8.42 Å².